The summed E-state index contributed by atoms with van der Waals surface area (Å²) < 4.78 is 0. The molecule has 3 heteroatoms. The summed E-state index contributed by atoms with van der Waals surface area (Å²) in [6, 6.07) is 7.87. The van der Waals surface area contributed by atoms with Crippen LogP contribution in [0.4, 0.5) is 0 Å². The number of nitrogens with one attached hydrogen (secondary N) is 1. The molecule has 2 nitrogen and oxygen atoms in total. The van der Waals surface area contributed by atoms with Gasteiger partial charge in [-0.15, -0.1) is 0 Å². The molecule has 0 atom stereocenters. The van der Waals surface area contributed by atoms with E-state index in [9.17, 15) is 0 Å². The van der Waals surface area contributed by atoms with Crippen molar-refractivity contribution < 1.29 is 0 Å². The highest BCUT2D eigenvalue weighted by Gasteiger charge is 1.98. The average molecular weight is 208 g/mol. The molecule has 0 saturated carbocycles. The molecule has 14 heavy (non-hydrogen) atoms. The van der Waals surface area contributed by atoms with Gasteiger partial charge in [0.1, 0.15) is 5.84 Å². The van der Waals surface area contributed by atoms with Crippen LogP contribution in [-0.2, 0) is 5.75 Å². The van der Waals surface area contributed by atoms with Crippen LogP contribution in [0.15, 0.2) is 24.3 Å². The molecular formula is C11H16N2S. The summed E-state index contributed by atoms with van der Waals surface area (Å²) in [6.07, 6.45) is 0. The van der Waals surface area contributed by atoms with E-state index in [1.54, 1.807) is 0 Å². The van der Waals surface area contributed by atoms with E-state index in [2.05, 4.69) is 13.8 Å². The van der Waals surface area contributed by atoms with Crippen molar-refractivity contribution in [2.24, 2.45) is 5.73 Å². The van der Waals surface area contributed by atoms with Crippen molar-refractivity contribution in [2.75, 3.05) is 0 Å². The molecular weight excluding hydrogens is 192 g/mol. The second-order valence-corrected chi connectivity index (χ2v) is 5.04. The summed E-state index contributed by atoms with van der Waals surface area (Å²) >= 11 is 1.91. The predicted molar refractivity (Wildman–Crippen MR) is 63.9 cm³/mol. The molecule has 0 heterocycles. The highest BCUT2D eigenvalue weighted by atomic mass is 32.2. The van der Waals surface area contributed by atoms with Crippen LogP contribution in [0.25, 0.3) is 0 Å². The maximum atomic E-state index is 7.25. The lowest BCUT2D eigenvalue weighted by Gasteiger charge is -2.05. The minimum Gasteiger partial charge on any atom is -0.384 e. The number of hydrogen-bond acceptors (Lipinski definition) is 2. The molecule has 0 aromatic heterocycles. The summed E-state index contributed by atoms with van der Waals surface area (Å²) in [5, 5.41) is 7.90. The zero-order valence-electron chi connectivity index (χ0n) is 8.58. The Morgan fingerprint density at radius 1 is 1.36 bits per heavy atom. The van der Waals surface area contributed by atoms with Crippen LogP contribution in [-0.4, -0.2) is 11.1 Å². The minimum atomic E-state index is 0.132. The van der Waals surface area contributed by atoms with Gasteiger partial charge in [-0.25, -0.2) is 0 Å². The maximum Gasteiger partial charge on any atom is 0.122 e. The van der Waals surface area contributed by atoms with Gasteiger partial charge in [-0.2, -0.15) is 11.8 Å². The van der Waals surface area contributed by atoms with Gasteiger partial charge in [0, 0.05) is 11.3 Å². The average Bonchev–Trinajstić information content (AvgIpc) is 2.15. The number of amidine groups is 1. The fourth-order valence-electron chi connectivity index (χ4n) is 1.04. The van der Waals surface area contributed by atoms with Crippen molar-refractivity contribution in [2.45, 2.75) is 24.9 Å². The second kappa shape index (κ2) is 5.05. The molecule has 0 bridgehead atoms. The zero-order valence-corrected chi connectivity index (χ0v) is 9.40. The van der Waals surface area contributed by atoms with Crippen LogP contribution >= 0.6 is 11.8 Å². The van der Waals surface area contributed by atoms with Crippen molar-refractivity contribution in [1.82, 2.24) is 0 Å². The Hall–Kier alpha value is -0.960. The van der Waals surface area contributed by atoms with Crippen LogP contribution < -0.4 is 5.73 Å². The van der Waals surface area contributed by atoms with Gasteiger partial charge in [0.15, 0.2) is 0 Å². The van der Waals surface area contributed by atoms with E-state index in [0.717, 1.165) is 11.3 Å². The van der Waals surface area contributed by atoms with Crippen molar-refractivity contribution >= 4 is 17.6 Å². The molecule has 0 fully saturated rings. The van der Waals surface area contributed by atoms with Crippen molar-refractivity contribution in [1.29, 1.82) is 5.41 Å². The van der Waals surface area contributed by atoms with Crippen molar-refractivity contribution in [3.63, 3.8) is 0 Å². The first kappa shape index (κ1) is 11.1. The Kier molecular flexibility index (Phi) is 4.01. The highest BCUT2D eigenvalue weighted by molar-refractivity contribution is 7.99. The molecule has 0 saturated heterocycles. The number of nitrogen functional groups attached to an aromatic ring is 1. The van der Waals surface area contributed by atoms with E-state index < -0.39 is 0 Å². The first-order valence-corrected chi connectivity index (χ1v) is 5.69. The lowest BCUT2D eigenvalue weighted by molar-refractivity contribution is 1.11. The Bertz CT molecular complexity index is 304. The fourth-order valence-corrected chi connectivity index (χ4v) is 1.76. The van der Waals surface area contributed by atoms with Gasteiger partial charge in [0.25, 0.3) is 0 Å². The smallest absolute Gasteiger partial charge is 0.122 e. The number of nitrogens with two attached hydrogens (primary N) is 1. The molecule has 3 N–H and O–H groups in total. The third-order valence-corrected chi connectivity index (χ3v) is 3.01. The van der Waals surface area contributed by atoms with Gasteiger partial charge in [0.2, 0.25) is 0 Å². The summed E-state index contributed by atoms with van der Waals surface area (Å²) in [6.45, 7) is 4.38. The van der Waals surface area contributed by atoms with E-state index in [0.29, 0.717) is 5.25 Å². The van der Waals surface area contributed by atoms with Gasteiger partial charge in [0.05, 0.1) is 0 Å². The van der Waals surface area contributed by atoms with Crippen LogP contribution in [0, 0.1) is 5.41 Å². The zero-order chi connectivity index (χ0) is 10.6. The van der Waals surface area contributed by atoms with Crippen molar-refractivity contribution in [3.05, 3.63) is 35.4 Å². The van der Waals surface area contributed by atoms with Gasteiger partial charge >= 0.3 is 0 Å². The Morgan fingerprint density at radius 2 is 1.93 bits per heavy atom. The third-order valence-electron chi connectivity index (χ3n) is 1.85. The topological polar surface area (TPSA) is 49.9 Å². The SMILES string of the molecule is CC(C)SCc1ccc(C(=N)N)cc1. The standard InChI is InChI=1S/C11H16N2S/c1-8(2)14-7-9-3-5-10(6-4-9)11(12)13/h3-6,8H,7H2,1-2H3,(H3,12,13). The molecule has 76 valence electrons. The summed E-state index contributed by atoms with van der Waals surface area (Å²) in [7, 11) is 0. The number of rotatable bonds is 4. The molecule has 1 aromatic rings. The summed E-state index contributed by atoms with van der Waals surface area (Å²) in [5.74, 6) is 1.16. The lowest BCUT2D eigenvalue weighted by Crippen LogP contribution is -2.10. The number of benzene rings is 1. The first-order valence-electron chi connectivity index (χ1n) is 4.64. The molecule has 0 spiro atoms. The molecule has 0 aliphatic carbocycles. The quantitative estimate of drug-likeness (QED) is 0.590. The molecule has 0 aliphatic heterocycles. The summed E-state index contributed by atoms with van der Waals surface area (Å²) in [4.78, 5) is 0. The number of hydrogen-bond donors (Lipinski definition) is 2. The molecule has 0 unspecified atom stereocenters. The normalized spacial score (nSPS) is 10.5. The monoisotopic (exact) mass is 208 g/mol. The molecule has 1 aromatic carbocycles. The second-order valence-electron chi connectivity index (χ2n) is 3.47. The fraction of sp³-hybridized carbons (Fsp3) is 0.364. The Labute approximate surface area is 89.4 Å². The van der Waals surface area contributed by atoms with E-state index in [-0.39, 0.29) is 5.84 Å². The molecule has 1 rings (SSSR count). The molecule has 0 radical (unpaired) electrons. The minimum absolute atomic E-state index is 0.132. The van der Waals surface area contributed by atoms with Crippen molar-refractivity contribution in [3.8, 4) is 0 Å². The highest BCUT2D eigenvalue weighted by Crippen LogP contribution is 2.17. The number of thioether (sulfide) groups is 1. The first-order chi connectivity index (χ1) is 6.59. The van der Waals surface area contributed by atoms with Gasteiger partial charge in [-0.1, -0.05) is 38.1 Å². The maximum absolute atomic E-state index is 7.25. The Balaban J connectivity index is 2.60. The van der Waals surface area contributed by atoms with E-state index >= 15 is 0 Å². The predicted octanol–water partition coefficient (Wildman–Crippen LogP) is 2.61. The van der Waals surface area contributed by atoms with E-state index in [4.69, 9.17) is 11.1 Å². The van der Waals surface area contributed by atoms with E-state index in [1.807, 2.05) is 36.0 Å². The third kappa shape index (κ3) is 3.42. The van der Waals surface area contributed by atoms with Crippen LogP contribution in [0.3, 0.4) is 0 Å². The van der Waals surface area contributed by atoms with Gasteiger partial charge < -0.3 is 5.73 Å². The largest absolute Gasteiger partial charge is 0.384 e. The van der Waals surface area contributed by atoms with E-state index in [1.165, 1.54) is 5.56 Å². The van der Waals surface area contributed by atoms with Crippen LogP contribution in [0.5, 0.6) is 0 Å². The van der Waals surface area contributed by atoms with Gasteiger partial charge in [-0.05, 0) is 10.8 Å². The van der Waals surface area contributed by atoms with Gasteiger partial charge in [-0.3, -0.25) is 5.41 Å². The Morgan fingerprint density at radius 3 is 2.36 bits per heavy atom. The summed E-state index contributed by atoms with van der Waals surface area (Å²) in [5.41, 5.74) is 7.44. The molecule has 0 aliphatic rings. The molecule has 0 amide bonds. The van der Waals surface area contributed by atoms with Crippen LogP contribution in [0.2, 0.25) is 0 Å². The lowest BCUT2D eigenvalue weighted by atomic mass is 10.1. The van der Waals surface area contributed by atoms with Crippen LogP contribution in [0.1, 0.15) is 25.0 Å².